The number of benzene rings is 3. The summed E-state index contributed by atoms with van der Waals surface area (Å²) in [6.45, 7) is 0. The molecular formula is C38H42N2O. The van der Waals surface area contributed by atoms with Crippen molar-refractivity contribution in [2.75, 3.05) is 0 Å². The minimum absolute atomic E-state index is 0.121. The van der Waals surface area contributed by atoms with Gasteiger partial charge in [0.25, 0.3) is 0 Å². The van der Waals surface area contributed by atoms with Crippen molar-refractivity contribution in [3.8, 4) is 0 Å². The van der Waals surface area contributed by atoms with Crippen molar-refractivity contribution in [3.05, 3.63) is 138 Å². The number of Topliss-reactive ketones (excluding diaryl/α,β-unsaturated/α-hetero) is 1. The molecule has 210 valence electrons. The summed E-state index contributed by atoms with van der Waals surface area (Å²) >= 11 is 0. The van der Waals surface area contributed by atoms with Gasteiger partial charge in [-0.2, -0.15) is 0 Å². The number of nitrogens with zero attached hydrogens (tertiary/aromatic N) is 2. The summed E-state index contributed by atoms with van der Waals surface area (Å²) in [7, 11) is 0. The average Bonchev–Trinajstić information content (AvgIpc) is 3.77. The molecule has 0 N–H and O–H groups in total. The molecule has 4 aromatic rings. The Hall–Kier alpha value is -3.72. The SMILES string of the molecule is O=C(C[C@H](C=CCCC1CCCCC1)C1CC1)c1nccn1C(c1ccccc1)(c1ccccc1)c1ccccc1. The Morgan fingerprint density at radius 1 is 0.805 bits per heavy atom. The van der Waals surface area contributed by atoms with Gasteiger partial charge in [0.1, 0.15) is 5.54 Å². The van der Waals surface area contributed by atoms with Crippen LogP contribution in [0.4, 0.5) is 0 Å². The number of allylic oxidation sites excluding steroid dienone is 2. The quantitative estimate of drug-likeness (QED) is 0.102. The Labute approximate surface area is 245 Å². The van der Waals surface area contributed by atoms with Gasteiger partial charge in [0.2, 0.25) is 0 Å². The predicted molar refractivity (Wildman–Crippen MR) is 167 cm³/mol. The molecule has 41 heavy (non-hydrogen) atoms. The molecule has 2 saturated carbocycles. The molecule has 0 radical (unpaired) electrons. The fourth-order valence-corrected chi connectivity index (χ4v) is 7.04. The highest BCUT2D eigenvalue weighted by atomic mass is 16.1. The van der Waals surface area contributed by atoms with Crippen LogP contribution in [0.25, 0.3) is 0 Å². The predicted octanol–water partition coefficient (Wildman–Crippen LogP) is 9.24. The highest BCUT2D eigenvalue weighted by molar-refractivity contribution is 5.93. The first-order valence-corrected chi connectivity index (χ1v) is 15.7. The zero-order valence-electron chi connectivity index (χ0n) is 24.1. The number of rotatable bonds is 12. The van der Waals surface area contributed by atoms with E-state index >= 15 is 0 Å². The monoisotopic (exact) mass is 542 g/mol. The van der Waals surface area contributed by atoms with Gasteiger partial charge in [0, 0.05) is 18.8 Å². The Morgan fingerprint density at radius 2 is 1.37 bits per heavy atom. The Bertz CT molecular complexity index is 1320. The van der Waals surface area contributed by atoms with E-state index in [0.29, 0.717) is 24.1 Å². The second-order valence-electron chi connectivity index (χ2n) is 12.1. The van der Waals surface area contributed by atoms with E-state index in [1.807, 2.05) is 24.4 Å². The molecule has 2 aliphatic rings. The summed E-state index contributed by atoms with van der Waals surface area (Å²) in [6.07, 6.45) is 20.9. The number of carbonyl (C=O) groups excluding carboxylic acids is 1. The van der Waals surface area contributed by atoms with Crippen LogP contribution in [0.1, 0.15) is 91.5 Å². The van der Waals surface area contributed by atoms with Crippen LogP contribution in [0.2, 0.25) is 0 Å². The minimum atomic E-state index is -0.726. The molecule has 0 bridgehead atoms. The molecule has 3 heteroatoms. The summed E-state index contributed by atoms with van der Waals surface area (Å²) in [4.78, 5) is 18.9. The lowest BCUT2D eigenvalue weighted by Crippen LogP contribution is -2.39. The van der Waals surface area contributed by atoms with E-state index in [4.69, 9.17) is 4.98 Å². The van der Waals surface area contributed by atoms with Crippen LogP contribution in [0.3, 0.4) is 0 Å². The van der Waals surface area contributed by atoms with E-state index in [1.165, 1.54) is 51.4 Å². The molecule has 2 fully saturated rings. The number of ketones is 1. The Balaban J connectivity index is 1.33. The number of aromatic nitrogens is 2. The van der Waals surface area contributed by atoms with Gasteiger partial charge >= 0.3 is 0 Å². The molecule has 2 aliphatic carbocycles. The van der Waals surface area contributed by atoms with Gasteiger partial charge in [0.05, 0.1) is 0 Å². The van der Waals surface area contributed by atoms with Crippen LogP contribution in [-0.4, -0.2) is 15.3 Å². The van der Waals surface area contributed by atoms with Gasteiger partial charge in [-0.25, -0.2) is 4.98 Å². The highest BCUT2D eigenvalue weighted by Gasteiger charge is 2.41. The van der Waals surface area contributed by atoms with E-state index in [-0.39, 0.29) is 5.78 Å². The third kappa shape index (κ3) is 6.00. The summed E-state index contributed by atoms with van der Waals surface area (Å²) in [5, 5.41) is 0. The van der Waals surface area contributed by atoms with E-state index in [2.05, 4.69) is 89.5 Å². The zero-order valence-corrected chi connectivity index (χ0v) is 24.1. The topological polar surface area (TPSA) is 34.9 Å². The third-order valence-corrected chi connectivity index (χ3v) is 9.32. The van der Waals surface area contributed by atoms with Crippen molar-refractivity contribution in [3.63, 3.8) is 0 Å². The zero-order chi connectivity index (χ0) is 27.9. The Kier molecular flexibility index (Phi) is 8.60. The van der Waals surface area contributed by atoms with Crippen LogP contribution in [0.5, 0.6) is 0 Å². The fraction of sp³-hybridized carbons (Fsp3) is 0.368. The number of imidazole rings is 1. The molecular weight excluding hydrogens is 500 g/mol. The first kappa shape index (κ1) is 27.4. The summed E-state index contributed by atoms with van der Waals surface area (Å²) in [5.74, 6) is 2.46. The molecule has 0 saturated heterocycles. The molecule has 0 aliphatic heterocycles. The molecule has 6 rings (SSSR count). The molecule has 3 aromatic carbocycles. The molecule has 3 nitrogen and oxygen atoms in total. The van der Waals surface area contributed by atoms with Crippen molar-refractivity contribution in [1.29, 1.82) is 0 Å². The van der Waals surface area contributed by atoms with Crippen molar-refractivity contribution in [2.45, 2.75) is 69.7 Å². The van der Waals surface area contributed by atoms with Gasteiger partial charge in [0.15, 0.2) is 11.6 Å². The second kappa shape index (κ2) is 12.9. The van der Waals surface area contributed by atoms with Crippen molar-refractivity contribution < 1.29 is 4.79 Å². The van der Waals surface area contributed by atoms with Crippen LogP contribution >= 0.6 is 0 Å². The fourth-order valence-electron chi connectivity index (χ4n) is 7.04. The summed E-state index contributed by atoms with van der Waals surface area (Å²) in [5.41, 5.74) is 2.58. The lowest BCUT2D eigenvalue weighted by Gasteiger charge is -2.38. The van der Waals surface area contributed by atoms with Gasteiger partial charge < -0.3 is 4.57 Å². The summed E-state index contributed by atoms with van der Waals surface area (Å²) < 4.78 is 2.13. The number of carbonyl (C=O) groups is 1. The largest absolute Gasteiger partial charge is 0.310 e. The third-order valence-electron chi connectivity index (χ3n) is 9.32. The maximum absolute atomic E-state index is 14.2. The number of hydrogen-bond acceptors (Lipinski definition) is 2. The number of hydrogen-bond donors (Lipinski definition) is 0. The van der Waals surface area contributed by atoms with E-state index in [0.717, 1.165) is 29.0 Å². The maximum atomic E-state index is 14.2. The molecule has 1 heterocycles. The standard InChI is InChI=1S/C38H42N2O/c41-36(29-32(31-25-26-31)18-14-13-17-30-15-5-1-6-16-30)37-39-27-28-40(37)38(33-19-7-2-8-20-33,34-21-9-3-10-22-34)35-23-11-4-12-24-35/h2-4,7-12,14,18-24,27-28,30-32H,1,5-6,13,15-17,25-26,29H2/t32-/m0/s1. The Morgan fingerprint density at radius 3 is 1.90 bits per heavy atom. The lowest BCUT2D eigenvalue weighted by molar-refractivity contribution is 0.0948. The van der Waals surface area contributed by atoms with Gasteiger partial charge in [-0.1, -0.05) is 135 Å². The minimum Gasteiger partial charge on any atom is -0.310 e. The van der Waals surface area contributed by atoms with Gasteiger partial charge in [-0.15, -0.1) is 0 Å². The van der Waals surface area contributed by atoms with Crippen LogP contribution in [0, 0.1) is 17.8 Å². The average molecular weight is 543 g/mol. The molecule has 1 aromatic heterocycles. The van der Waals surface area contributed by atoms with E-state index in [9.17, 15) is 4.79 Å². The van der Waals surface area contributed by atoms with Crippen LogP contribution < -0.4 is 0 Å². The molecule has 0 spiro atoms. The second-order valence-corrected chi connectivity index (χ2v) is 12.1. The van der Waals surface area contributed by atoms with Gasteiger partial charge in [-0.05, 0) is 60.1 Å². The first-order chi connectivity index (χ1) is 20.3. The van der Waals surface area contributed by atoms with Crippen LogP contribution in [0.15, 0.2) is 116 Å². The lowest BCUT2D eigenvalue weighted by atomic mass is 9.76. The van der Waals surface area contributed by atoms with E-state index < -0.39 is 5.54 Å². The van der Waals surface area contributed by atoms with Crippen molar-refractivity contribution in [1.82, 2.24) is 9.55 Å². The molecule has 0 unspecified atom stereocenters. The molecule has 1 atom stereocenters. The van der Waals surface area contributed by atoms with Crippen molar-refractivity contribution >= 4 is 5.78 Å². The summed E-state index contributed by atoms with van der Waals surface area (Å²) in [6, 6.07) is 31.6. The van der Waals surface area contributed by atoms with Gasteiger partial charge in [-0.3, -0.25) is 4.79 Å². The first-order valence-electron chi connectivity index (χ1n) is 15.7. The van der Waals surface area contributed by atoms with E-state index in [1.54, 1.807) is 6.20 Å². The smallest absolute Gasteiger partial charge is 0.198 e. The normalized spacial score (nSPS) is 17.1. The maximum Gasteiger partial charge on any atom is 0.198 e. The molecule has 0 amide bonds. The van der Waals surface area contributed by atoms with Crippen LogP contribution in [-0.2, 0) is 5.54 Å². The van der Waals surface area contributed by atoms with Crippen molar-refractivity contribution in [2.24, 2.45) is 17.8 Å². The highest BCUT2D eigenvalue weighted by Crippen LogP contribution is 2.43.